The monoisotopic (exact) mass is 342 g/mol. The summed E-state index contributed by atoms with van der Waals surface area (Å²) < 4.78 is 31.6. The fourth-order valence-corrected chi connectivity index (χ4v) is 4.89. The summed E-state index contributed by atoms with van der Waals surface area (Å²) in [5.41, 5.74) is 0.860. The Balaban J connectivity index is 1.75. The molecule has 1 atom stereocenters. The van der Waals surface area contributed by atoms with E-state index in [4.69, 9.17) is 0 Å². The van der Waals surface area contributed by atoms with Crippen molar-refractivity contribution < 1.29 is 13.5 Å². The second-order valence-electron chi connectivity index (χ2n) is 7.01. The molecule has 1 saturated carbocycles. The van der Waals surface area contributed by atoms with Gasteiger partial charge in [-0.15, -0.1) is 0 Å². The third-order valence-corrected chi connectivity index (χ3v) is 6.66. The Morgan fingerprint density at radius 1 is 1.35 bits per heavy atom. The first-order chi connectivity index (χ1) is 10.8. The Labute approximate surface area is 137 Å². The molecule has 0 aromatic carbocycles. The second-order valence-corrected chi connectivity index (χ2v) is 8.72. The number of aliphatic hydroxyl groups excluding tert-OH is 1. The van der Waals surface area contributed by atoms with Gasteiger partial charge < -0.3 is 5.11 Å². The highest BCUT2D eigenvalue weighted by Gasteiger charge is 2.39. The quantitative estimate of drug-likeness (QED) is 0.828. The summed E-state index contributed by atoms with van der Waals surface area (Å²) in [6.45, 7) is 3.30. The molecule has 0 amide bonds. The van der Waals surface area contributed by atoms with E-state index in [1.165, 1.54) is 0 Å². The first kappa shape index (κ1) is 16.9. The summed E-state index contributed by atoms with van der Waals surface area (Å²) in [7, 11) is -1.70. The van der Waals surface area contributed by atoms with E-state index in [1.54, 1.807) is 15.2 Å². The molecule has 1 aliphatic carbocycles. The van der Waals surface area contributed by atoms with Crippen LogP contribution in [0.3, 0.4) is 0 Å². The van der Waals surface area contributed by atoms with Gasteiger partial charge in [0.25, 0.3) is 10.2 Å². The number of nitrogens with zero attached hydrogens (tertiary/aromatic N) is 3. The van der Waals surface area contributed by atoms with Gasteiger partial charge in [-0.3, -0.25) is 4.68 Å². The number of nitrogens with one attached hydrogen (secondary N) is 1. The standard InChI is InChI=1S/C15H26N4O3S/c1-11-3-5-19(6-4-11)23(21,22)17-15(12-7-14(20)8-12)13-9-16-18(2)10-13/h9-12,14-15,17,20H,3-8H2,1-2H3/t12?,14?,15-/m0/s1. The third-order valence-electron chi connectivity index (χ3n) is 5.06. The minimum Gasteiger partial charge on any atom is -0.393 e. The van der Waals surface area contributed by atoms with Gasteiger partial charge in [0.1, 0.15) is 0 Å². The molecule has 23 heavy (non-hydrogen) atoms. The molecule has 1 aliphatic heterocycles. The van der Waals surface area contributed by atoms with Gasteiger partial charge in [-0.25, -0.2) is 0 Å². The Morgan fingerprint density at radius 2 is 2.00 bits per heavy atom. The van der Waals surface area contributed by atoms with Crippen molar-refractivity contribution in [1.29, 1.82) is 0 Å². The van der Waals surface area contributed by atoms with Crippen molar-refractivity contribution in [2.45, 2.75) is 44.8 Å². The summed E-state index contributed by atoms with van der Waals surface area (Å²) in [4.78, 5) is 0. The lowest BCUT2D eigenvalue weighted by Gasteiger charge is -2.39. The maximum absolute atomic E-state index is 12.7. The summed E-state index contributed by atoms with van der Waals surface area (Å²) in [5.74, 6) is 0.699. The van der Waals surface area contributed by atoms with Crippen LogP contribution in [0.15, 0.2) is 12.4 Å². The molecular weight excluding hydrogens is 316 g/mol. The van der Waals surface area contributed by atoms with Crippen LogP contribution in [-0.2, 0) is 17.3 Å². The molecule has 1 aromatic heterocycles. The van der Waals surface area contributed by atoms with Crippen LogP contribution in [0, 0.1) is 11.8 Å². The zero-order valence-corrected chi connectivity index (χ0v) is 14.5. The molecule has 2 heterocycles. The highest BCUT2D eigenvalue weighted by atomic mass is 32.2. The molecule has 7 nitrogen and oxygen atoms in total. The van der Waals surface area contributed by atoms with E-state index in [1.807, 2.05) is 13.2 Å². The third kappa shape index (κ3) is 3.76. The molecule has 3 rings (SSSR count). The first-order valence-electron chi connectivity index (χ1n) is 8.29. The van der Waals surface area contributed by atoms with E-state index in [0.717, 1.165) is 18.4 Å². The lowest BCUT2D eigenvalue weighted by molar-refractivity contribution is 0.0276. The number of hydrogen-bond acceptors (Lipinski definition) is 4. The predicted octanol–water partition coefficient (Wildman–Crippen LogP) is 0.798. The highest BCUT2D eigenvalue weighted by molar-refractivity contribution is 7.87. The van der Waals surface area contributed by atoms with Crippen LogP contribution in [0.1, 0.15) is 44.2 Å². The maximum atomic E-state index is 12.7. The van der Waals surface area contributed by atoms with Crippen LogP contribution in [0.5, 0.6) is 0 Å². The van der Waals surface area contributed by atoms with Crippen LogP contribution in [0.25, 0.3) is 0 Å². The molecular formula is C15H26N4O3S. The van der Waals surface area contributed by atoms with E-state index < -0.39 is 10.2 Å². The lowest BCUT2D eigenvalue weighted by Crippen LogP contribution is -2.49. The maximum Gasteiger partial charge on any atom is 0.280 e. The van der Waals surface area contributed by atoms with E-state index in [0.29, 0.717) is 31.8 Å². The normalized spacial score (nSPS) is 28.5. The van der Waals surface area contributed by atoms with E-state index in [9.17, 15) is 13.5 Å². The van der Waals surface area contributed by atoms with Gasteiger partial charge in [0.2, 0.25) is 0 Å². The van der Waals surface area contributed by atoms with Crippen molar-refractivity contribution in [2.75, 3.05) is 13.1 Å². The number of rotatable bonds is 5. The summed E-state index contributed by atoms with van der Waals surface area (Å²) >= 11 is 0. The minimum atomic E-state index is -3.52. The lowest BCUT2D eigenvalue weighted by atomic mass is 9.76. The van der Waals surface area contributed by atoms with Crippen LogP contribution in [0.2, 0.25) is 0 Å². The van der Waals surface area contributed by atoms with Gasteiger partial charge in [-0.1, -0.05) is 6.92 Å². The van der Waals surface area contributed by atoms with Crippen LogP contribution in [-0.4, -0.2) is 46.8 Å². The SMILES string of the molecule is CC1CCN(S(=O)(=O)N[C@H](c2cnn(C)c2)C2CC(O)C2)CC1. The number of aryl methyl sites for hydroxylation is 1. The number of aromatic nitrogens is 2. The number of aliphatic hydroxyl groups is 1. The summed E-state index contributed by atoms with van der Waals surface area (Å²) in [6, 6.07) is -0.323. The fourth-order valence-electron chi connectivity index (χ4n) is 3.40. The molecule has 2 N–H and O–H groups in total. The van der Waals surface area contributed by atoms with Gasteiger partial charge in [0.15, 0.2) is 0 Å². The molecule has 1 aromatic rings. The highest BCUT2D eigenvalue weighted by Crippen LogP contribution is 2.38. The molecule has 1 saturated heterocycles. The molecule has 8 heteroatoms. The zero-order chi connectivity index (χ0) is 16.6. The predicted molar refractivity (Wildman–Crippen MR) is 86.7 cm³/mol. The molecule has 0 radical (unpaired) electrons. The minimum absolute atomic E-state index is 0.118. The van der Waals surface area contributed by atoms with Gasteiger partial charge in [-0.2, -0.15) is 22.5 Å². The number of hydrogen-bond donors (Lipinski definition) is 2. The van der Waals surface area contributed by atoms with E-state index in [-0.39, 0.29) is 18.1 Å². The smallest absolute Gasteiger partial charge is 0.280 e. The van der Waals surface area contributed by atoms with Crippen molar-refractivity contribution in [3.63, 3.8) is 0 Å². The molecule has 0 spiro atoms. The second kappa shape index (κ2) is 6.51. The number of piperidine rings is 1. The summed E-state index contributed by atoms with van der Waals surface area (Å²) in [5, 5.41) is 13.7. The largest absolute Gasteiger partial charge is 0.393 e. The molecule has 2 aliphatic rings. The van der Waals surface area contributed by atoms with Crippen molar-refractivity contribution in [2.24, 2.45) is 18.9 Å². The van der Waals surface area contributed by atoms with Crippen molar-refractivity contribution in [3.8, 4) is 0 Å². The molecule has 0 unspecified atom stereocenters. The average molecular weight is 342 g/mol. The molecule has 0 bridgehead atoms. The Kier molecular flexibility index (Phi) is 4.78. The topological polar surface area (TPSA) is 87.5 Å². The van der Waals surface area contributed by atoms with Gasteiger partial charge in [-0.05, 0) is 37.5 Å². The summed E-state index contributed by atoms with van der Waals surface area (Å²) in [6.07, 6.45) is 6.28. The van der Waals surface area contributed by atoms with Gasteiger partial charge in [0.05, 0.1) is 18.3 Å². The van der Waals surface area contributed by atoms with Crippen LogP contribution in [0.4, 0.5) is 0 Å². The first-order valence-corrected chi connectivity index (χ1v) is 9.73. The average Bonchev–Trinajstić information content (AvgIpc) is 2.89. The van der Waals surface area contributed by atoms with Crippen molar-refractivity contribution >= 4 is 10.2 Å². The fraction of sp³-hybridized carbons (Fsp3) is 0.800. The van der Waals surface area contributed by atoms with Crippen molar-refractivity contribution in [1.82, 2.24) is 18.8 Å². The van der Waals surface area contributed by atoms with Gasteiger partial charge >= 0.3 is 0 Å². The van der Waals surface area contributed by atoms with Crippen LogP contribution >= 0.6 is 0 Å². The molecule has 130 valence electrons. The molecule has 2 fully saturated rings. The van der Waals surface area contributed by atoms with E-state index in [2.05, 4.69) is 16.7 Å². The van der Waals surface area contributed by atoms with Crippen molar-refractivity contribution in [3.05, 3.63) is 18.0 Å². The van der Waals surface area contributed by atoms with Gasteiger partial charge in [0, 0.05) is 31.9 Å². The Bertz CT molecular complexity index is 631. The Hall–Kier alpha value is -0.960. The zero-order valence-electron chi connectivity index (χ0n) is 13.7. The Morgan fingerprint density at radius 3 is 2.52 bits per heavy atom. The van der Waals surface area contributed by atoms with E-state index >= 15 is 0 Å². The van der Waals surface area contributed by atoms with Crippen LogP contribution < -0.4 is 4.72 Å².